The van der Waals surface area contributed by atoms with Crippen LogP contribution < -0.4 is 10.2 Å². The van der Waals surface area contributed by atoms with Gasteiger partial charge in [-0.05, 0) is 66.3 Å². The lowest BCUT2D eigenvalue weighted by Gasteiger charge is -2.33. The number of carbonyl (C=O) groups excluding carboxylic acids is 2. The summed E-state index contributed by atoms with van der Waals surface area (Å²) in [6.07, 6.45) is 5.44. The quantitative estimate of drug-likeness (QED) is 0.637. The molecule has 2 amide bonds. The number of hydrogen-bond acceptors (Lipinski definition) is 7. The normalized spacial score (nSPS) is 18.7. The maximum absolute atomic E-state index is 11.9. The van der Waals surface area contributed by atoms with Crippen LogP contribution in [0.15, 0.2) is 53.7 Å². The number of piperazine rings is 1. The van der Waals surface area contributed by atoms with E-state index in [0.29, 0.717) is 4.91 Å². The number of thioether (sulfide) groups is 1. The summed E-state index contributed by atoms with van der Waals surface area (Å²) in [5.41, 5.74) is 3.75. The van der Waals surface area contributed by atoms with Gasteiger partial charge in [0.25, 0.3) is 11.1 Å². The number of anilines is 1. The average molecular weight is 432 g/mol. The number of benzene rings is 1. The Bertz CT molecular complexity index is 1200. The van der Waals surface area contributed by atoms with E-state index in [-0.39, 0.29) is 11.1 Å². The Labute approximate surface area is 184 Å². The number of pyridine rings is 2. The van der Waals surface area contributed by atoms with Gasteiger partial charge in [-0.2, -0.15) is 0 Å². The Kier molecular flexibility index (Phi) is 5.17. The van der Waals surface area contributed by atoms with Crippen LogP contribution in [0.5, 0.6) is 0 Å². The number of imide groups is 1. The number of hydrogen-bond donors (Lipinski definition) is 1. The van der Waals surface area contributed by atoms with Crippen LogP contribution >= 0.6 is 11.8 Å². The van der Waals surface area contributed by atoms with Crippen molar-refractivity contribution < 1.29 is 9.59 Å². The van der Waals surface area contributed by atoms with E-state index in [4.69, 9.17) is 4.98 Å². The summed E-state index contributed by atoms with van der Waals surface area (Å²) in [6.45, 7) is 4.04. The van der Waals surface area contributed by atoms with Gasteiger partial charge in [-0.25, -0.2) is 4.98 Å². The van der Waals surface area contributed by atoms with E-state index >= 15 is 0 Å². The Morgan fingerprint density at radius 3 is 2.58 bits per heavy atom. The molecule has 7 nitrogen and oxygen atoms in total. The highest BCUT2D eigenvalue weighted by atomic mass is 32.2. The fourth-order valence-electron chi connectivity index (χ4n) is 3.85. The van der Waals surface area contributed by atoms with Gasteiger partial charge in [0.05, 0.1) is 10.4 Å². The number of fused-ring (bicyclic) bond motifs is 1. The van der Waals surface area contributed by atoms with Crippen molar-refractivity contribution in [1.29, 1.82) is 0 Å². The summed E-state index contributed by atoms with van der Waals surface area (Å²) in [4.78, 5) is 37.5. The van der Waals surface area contributed by atoms with Gasteiger partial charge in [-0.15, -0.1) is 0 Å². The van der Waals surface area contributed by atoms with Crippen molar-refractivity contribution >= 4 is 45.7 Å². The van der Waals surface area contributed by atoms with Gasteiger partial charge >= 0.3 is 0 Å². The molecular formula is C23H21N5O2S. The average Bonchev–Trinajstić information content (AvgIpc) is 3.10. The molecule has 2 saturated heterocycles. The number of nitrogens with zero attached hydrogens (tertiary/aromatic N) is 4. The summed E-state index contributed by atoms with van der Waals surface area (Å²) in [5, 5.41) is 2.92. The maximum Gasteiger partial charge on any atom is 0.290 e. The van der Waals surface area contributed by atoms with Crippen molar-refractivity contribution in [2.75, 3.05) is 38.1 Å². The van der Waals surface area contributed by atoms with E-state index in [9.17, 15) is 9.59 Å². The van der Waals surface area contributed by atoms with Crippen molar-refractivity contribution in [3.8, 4) is 11.1 Å². The summed E-state index contributed by atoms with van der Waals surface area (Å²) >= 11 is 0.918. The molecule has 0 bridgehead atoms. The second-order valence-electron chi connectivity index (χ2n) is 7.68. The fourth-order valence-corrected chi connectivity index (χ4v) is 4.53. The molecule has 0 spiro atoms. The van der Waals surface area contributed by atoms with Gasteiger partial charge in [-0.1, -0.05) is 6.07 Å². The van der Waals surface area contributed by atoms with E-state index < -0.39 is 0 Å². The molecule has 1 N–H and O–H groups in total. The maximum atomic E-state index is 11.9. The highest BCUT2D eigenvalue weighted by molar-refractivity contribution is 8.18. The molecule has 156 valence electrons. The van der Waals surface area contributed by atoms with Gasteiger partial charge in [0.1, 0.15) is 5.82 Å². The first kappa shape index (κ1) is 19.7. The van der Waals surface area contributed by atoms with Gasteiger partial charge in [0, 0.05) is 49.5 Å². The SMILES string of the molecule is CN1CCN(c2ccc(-c3ccnc4ccc(/C=C5/SC(=O)NC5=O)cc34)cn2)CC1. The molecule has 4 heterocycles. The van der Waals surface area contributed by atoms with E-state index in [2.05, 4.69) is 39.3 Å². The molecule has 0 unspecified atom stereocenters. The van der Waals surface area contributed by atoms with Crippen molar-refractivity contribution in [2.24, 2.45) is 0 Å². The number of carbonyl (C=O) groups is 2. The molecule has 2 aliphatic heterocycles. The van der Waals surface area contributed by atoms with E-state index in [1.807, 2.05) is 30.5 Å². The fraction of sp³-hybridized carbons (Fsp3) is 0.217. The third-order valence-corrected chi connectivity index (χ3v) is 6.40. The first-order valence-electron chi connectivity index (χ1n) is 10.1. The first-order valence-corrected chi connectivity index (χ1v) is 10.9. The van der Waals surface area contributed by atoms with Gasteiger partial charge in [-0.3, -0.25) is 19.9 Å². The van der Waals surface area contributed by atoms with Crippen LogP contribution in [0.3, 0.4) is 0 Å². The van der Waals surface area contributed by atoms with Crippen LogP contribution in [0.25, 0.3) is 28.1 Å². The molecule has 2 aliphatic rings. The van der Waals surface area contributed by atoms with E-state index in [0.717, 1.165) is 71.4 Å². The molecule has 0 aliphatic carbocycles. The number of aromatic nitrogens is 2. The van der Waals surface area contributed by atoms with Gasteiger partial charge in [0.2, 0.25) is 0 Å². The molecule has 2 aromatic heterocycles. The molecule has 8 heteroatoms. The minimum Gasteiger partial charge on any atom is -0.354 e. The minimum absolute atomic E-state index is 0.342. The highest BCUT2D eigenvalue weighted by Crippen LogP contribution is 2.31. The van der Waals surface area contributed by atoms with Crippen LogP contribution in [-0.4, -0.2) is 59.2 Å². The topological polar surface area (TPSA) is 78.4 Å². The largest absolute Gasteiger partial charge is 0.354 e. The van der Waals surface area contributed by atoms with Gasteiger partial charge < -0.3 is 9.80 Å². The standard InChI is InChI=1S/C23H21N5O2S/c1-27-8-10-28(11-9-27)21-5-3-16(14-25-21)17-6-7-24-19-4-2-15(12-18(17)19)13-20-22(29)26-23(30)31-20/h2-7,12-14H,8-11H2,1H3,(H,26,29,30)/b20-13+. The summed E-state index contributed by atoms with van der Waals surface area (Å²) in [7, 11) is 2.14. The molecule has 5 rings (SSSR count). The van der Waals surface area contributed by atoms with Crippen molar-refractivity contribution in [3.05, 3.63) is 59.3 Å². The number of amides is 2. The zero-order valence-corrected chi connectivity index (χ0v) is 17.9. The van der Waals surface area contributed by atoms with Crippen molar-refractivity contribution in [1.82, 2.24) is 20.2 Å². The number of rotatable bonds is 3. The molecule has 2 fully saturated rings. The van der Waals surface area contributed by atoms with Crippen LogP contribution in [-0.2, 0) is 4.79 Å². The lowest BCUT2D eigenvalue weighted by molar-refractivity contribution is -0.115. The lowest BCUT2D eigenvalue weighted by Crippen LogP contribution is -2.44. The second kappa shape index (κ2) is 8.13. The molecule has 1 aromatic carbocycles. The Morgan fingerprint density at radius 1 is 1.03 bits per heavy atom. The van der Waals surface area contributed by atoms with Crippen LogP contribution in [0, 0.1) is 0 Å². The molecule has 0 saturated carbocycles. The molecule has 3 aromatic rings. The van der Waals surface area contributed by atoms with Crippen LogP contribution in [0.4, 0.5) is 10.6 Å². The Hall–Kier alpha value is -3.23. The van der Waals surface area contributed by atoms with Crippen molar-refractivity contribution in [2.45, 2.75) is 0 Å². The first-order chi connectivity index (χ1) is 15.1. The summed E-state index contributed by atoms with van der Waals surface area (Å²) in [5.74, 6) is 0.639. The predicted molar refractivity (Wildman–Crippen MR) is 124 cm³/mol. The highest BCUT2D eigenvalue weighted by Gasteiger charge is 2.25. The number of likely N-dealkylation sites (N-methyl/N-ethyl adjacent to an activating group) is 1. The molecular weight excluding hydrogens is 410 g/mol. The lowest BCUT2D eigenvalue weighted by atomic mass is 10.0. The third kappa shape index (κ3) is 4.04. The molecule has 0 radical (unpaired) electrons. The van der Waals surface area contributed by atoms with Crippen molar-refractivity contribution in [3.63, 3.8) is 0 Å². The zero-order valence-electron chi connectivity index (χ0n) is 17.0. The summed E-state index contributed by atoms with van der Waals surface area (Å²) < 4.78 is 0. The third-order valence-electron chi connectivity index (χ3n) is 5.59. The van der Waals surface area contributed by atoms with E-state index in [1.54, 1.807) is 12.3 Å². The van der Waals surface area contributed by atoms with E-state index in [1.165, 1.54) is 0 Å². The van der Waals surface area contributed by atoms with Crippen LogP contribution in [0.2, 0.25) is 0 Å². The Balaban J connectivity index is 1.47. The Morgan fingerprint density at radius 2 is 1.87 bits per heavy atom. The monoisotopic (exact) mass is 431 g/mol. The zero-order chi connectivity index (χ0) is 21.4. The van der Waals surface area contributed by atoms with Gasteiger partial charge in [0.15, 0.2) is 0 Å². The number of nitrogens with one attached hydrogen (secondary N) is 1. The predicted octanol–water partition coefficient (Wildman–Crippen LogP) is 3.37. The smallest absolute Gasteiger partial charge is 0.290 e. The summed E-state index contributed by atoms with van der Waals surface area (Å²) in [6, 6.07) is 12.0. The van der Waals surface area contributed by atoms with Crippen LogP contribution in [0.1, 0.15) is 5.56 Å². The second-order valence-corrected chi connectivity index (χ2v) is 8.70. The molecule has 0 atom stereocenters. The minimum atomic E-state index is -0.356. The molecule has 31 heavy (non-hydrogen) atoms.